The Morgan fingerprint density at radius 2 is 2.20 bits per heavy atom. The zero-order valence-corrected chi connectivity index (χ0v) is 8.95. The Balaban J connectivity index is 2.56. The zero-order chi connectivity index (χ0) is 10.8. The van der Waals surface area contributed by atoms with Crippen LogP contribution in [0, 0.1) is 10.1 Å². The predicted octanol–water partition coefficient (Wildman–Crippen LogP) is 3.84. The van der Waals surface area contributed by atoms with Crippen molar-refractivity contribution in [2.24, 2.45) is 0 Å². The summed E-state index contributed by atoms with van der Waals surface area (Å²) in [7, 11) is 0. The molecule has 2 aromatic rings. The van der Waals surface area contributed by atoms with E-state index in [2.05, 4.69) is 0 Å². The molecule has 0 aliphatic rings. The summed E-state index contributed by atoms with van der Waals surface area (Å²) in [6.45, 7) is 1.95. The van der Waals surface area contributed by atoms with Crippen LogP contribution in [0.25, 0.3) is 16.2 Å². The molecule has 0 atom stereocenters. The summed E-state index contributed by atoms with van der Waals surface area (Å²) >= 11 is 1.63. The Hall–Kier alpha value is -1.68. The van der Waals surface area contributed by atoms with E-state index in [-0.39, 0.29) is 10.6 Å². The van der Waals surface area contributed by atoms with Crippen molar-refractivity contribution in [3.63, 3.8) is 0 Å². The van der Waals surface area contributed by atoms with Crippen molar-refractivity contribution >= 4 is 33.2 Å². The van der Waals surface area contributed by atoms with E-state index in [0.717, 1.165) is 15.0 Å². The number of nitro benzene ring substituents is 1. The van der Waals surface area contributed by atoms with Gasteiger partial charge in [0.25, 0.3) is 5.69 Å². The van der Waals surface area contributed by atoms with E-state index < -0.39 is 0 Å². The molecule has 2 rings (SSSR count). The number of nitro groups is 1. The van der Waals surface area contributed by atoms with Crippen molar-refractivity contribution in [3.8, 4) is 0 Å². The van der Waals surface area contributed by atoms with Gasteiger partial charge in [0, 0.05) is 21.7 Å². The third kappa shape index (κ3) is 1.89. The fourth-order valence-electron chi connectivity index (χ4n) is 1.41. The van der Waals surface area contributed by atoms with Gasteiger partial charge in [0.05, 0.1) is 4.92 Å². The maximum Gasteiger partial charge on any atom is 0.270 e. The van der Waals surface area contributed by atoms with E-state index in [4.69, 9.17) is 0 Å². The predicted molar refractivity (Wildman–Crippen MR) is 63.2 cm³/mol. The molecule has 0 unspecified atom stereocenters. The maximum absolute atomic E-state index is 10.6. The Morgan fingerprint density at radius 3 is 2.87 bits per heavy atom. The average Bonchev–Trinajstić information content (AvgIpc) is 2.59. The molecular weight excluding hydrogens is 210 g/mol. The van der Waals surface area contributed by atoms with Gasteiger partial charge in [-0.05, 0) is 30.5 Å². The van der Waals surface area contributed by atoms with E-state index in [1.165, 1.54) is 6.07 Å². The van der Waals surface area contributed by atoms with Crippen molar-refractivity contribution in [3.05, 3.63) is 45.3 Å². The summed E-state index contributed by atoms with van der Waals surface area (Å²) in [5.41, 5.74) is 0.146. The molecule has 0 amide bonds. The molecule has 0 N–H and O–H groups in total. The van der Waals surface area contributed by atoms with Crippen LogP contribution < -0.4 is 0 Å². The van der Waals surface area contributed by atoms with E-state index in [0.29, 0.717) is 0 Å². The maximum atomic E-state index is 10.6. The van der Waals surface area contributed by atoms with E-state index in [1.807, 2.05) is 25.1 Å². The number of benzene rings is 1. The Labute approximate surface area is 90.8 Å². The molecule has 0 fully saturated rings. The largest absolute Gasteiger partial charge is 0.270 e. The highest BCUT2D eigenvalue weighted by molar-refractivity contribution is 7.19. The lowest BCUT2D eigenvalue weighted by atomic mass is 10.2. The third-order valence-electron chi connectivity index (χ3n) is 2.06. The number of nitrogens with zero attached hydrogens (tertiary/aromatic N) is 1. The highest BCUT2D eigenvalue weighted by Crippen LogP contribution is 2.29. The first-order valence-corrected chi connectivity index (χ1v) is 5.33. The lowest BCUT2D eigenvalue weighted by Crippen LogP contribution is -1.85. The normalized spacial score (nSPS) is 11.3. The monoisotopic (exact) mass is 219 g/mol. The van der Waals surface area contributed by atoms with Gasteiger partial charge < -0.3 is 0 Å². The first kappa shape index (κ1) is 9.86. The second-order valence-corrected chi connectivity index (χ2v) is 4.24. The number of fused-ring (bicyclic) bond motifs is 1. The van der Waals surface area contributed by atoms with Crippen LogP contribution in [0.15, 0.2) is 30.3 Å². The van der Waals surface area contributed by atoms with Gasteiger partial charge in [-0.25, -0.2) is 0 Å². The molecule has 0 spiro atoms. The fraction of sp³-hybridized carbons (Fsp3) is 0.0909. The standard InChI is InChI=1S/C11H9NO2S/c1-2-3-10-7-8-6-9(12(13)14)4-5-11(8)15-10/h2-7H,1H3/b3-2+. The van der Waals surface area contributed by atoms with Gasteiger partial charge in [0.15, 0.2) is 0 Å². The Bertz CT molecular complexity index is 543. The molecule has 0 saturated carbocycles. The number of non-ortho nitro benzene ring substituents is 1. The minimum Gasteiger partial charge on any atom is -0.258 e. The summed E-state index contributed by atoms with van der Waals surface area (Å²) in [6.07, 6.45) is 3.95. The number of thiophene rings is 1. The van der Waals surface area contributed by atoms with E-state index in [1.54, 1.807) is 23.5 Å². The first-order chi connectivity index (χ1) is 7.20. The lowest BCUT2D eigenvalue weighted by Gasteiger charge is -1.89. The molecule has 0 aliphatic heterocycles. The number of hydrogen-bond donors (Lipinski definition) is 0. The van der Waals surface area contributed by atoms with Crippen LogP contribution in [-0.2, 0) is 0 Å². The Kier molecular flexibility index (Phi) is 2.51. The highest BCUT2D eigenvalue weighted by atomic mass is 32.1. The van der Waals surface area contributed by atoms with Crippen LogP contribution in [0.2, 0.25) is 0 Å². The SMILES string of the molecule is C/C=C/c1cc2cc([N+](=O)[O-])ccc2s1. The van der Waals surface area contributed by atoms with Crippen LogP contribution in [0.1, 0.15) is 11.8 Å². The van der Waals surface area contributed by atoms with Gasteiger partial charge in [-0.3, -0.25) is 10.1 Å². The summed E-state index contributed by atoms with van der Waals surface area (Å²) in [6, 6.07) is 6.91. The molecular formula is C11H9NO2S. The van der Waals surface area contributed by atoms with Crippen molar-refractivity contribution in [1.82, 2.24) is 0 Å². The average molecular weight is 219 g/mol. The van der Waals surface area contributed by atoms with E-state index >= 15 is 0 Å². The highest BCUT2D eigenvalue weighted by Gasteiger charge is 2.07. The number of hydrogen-bond acceptors (Lipinski definition) is 3. The minimum atomic E-state index is -0.369. The Morgan fingerprint density at radius 1 is 1.40 bits per heavy atom. The summed E-state index contributed by atoms with van der Waals surface area (Å²) in [4.78, 5) is 11.3. The molecule has 1 heterocycles. The van der Waals surface area contributed by atoms with Crippen LogP contribution in [-0.4, -0.2) is 4.92 Å². The van der Waals surface area contributed by atoms with Gasteiger partial charge >= 0.3 is 0 Å². The smallest absolute Gasteiger partial charge is 0.258 e. The molecule has 3 nitrogen and oxygen atoms in total. The van der Waals surface area contributed by atoms with Crippen molar-refractivity contribution in [2.75, 3.05) is 0 Å². The van der Waals surface area contributed by atoms with Crippen LogP contribution in [0.5, 0.6) is 0 Å². The van der Waals surface area contributed by atoms with Crippen molar-refractivity contribution in [1.29, 1.82) is 0 Å². The number of allylic oxidation sites excluding steroid dienone is 1. The summed E-state index contributed by atoms with van der Waals surface area (Å²) in [5, 5.41) is 11.5. The topological polar surface area (TPSA) is 43.1 Å². The quantitative estimate of drug-likeness (QED) is 0.568. The lowest BCUT2D eigenvalue weighted by molar-refractivity contribution is -0.384. The molecule has 15 heavy (non-hydrogen) atoms. The summed E-state index contributed by atoms with van der Waals surface area (Å²) < 4.78 is 1.08. The molecule has 0 bridgehead atoms. The number of rotatable bonds is 2. The molecule has 1 aromatic heterocycles. The summed E-state index contributed by atoms with van der Waals surface area (Å²) in [5.74, 6) is 0. The van der Waals surface area contributed by atoms with E-state index in [9.17, 15) is 10.1 Å². The van der Waals surface area contributed by atoms with Crippen LogP contribution in [0.3, 0.4) is 0 Å². The molecule has 76 valence electrons. The van der Waals surface area contributed by atoms with Gasteiger partial charge in [-0.2, -0.15) is 0 Å². The molecule has 1 aromatic carbocycles. The molecule has 0 radical (unpaired) electrons. The second kappa shape index (κ2) is 3.82. The minimum absolute atomic E-state index is 0.146. The first-order valence-electron chi connectivity index (χ1n) is 4.51. The van der Waals surface area contributed by atoms with Crippen LogP contribution >= 0.6 is 11.3 Å². The van der Waals surface area contributed by atoms with Gasteiger partial charge in [0.1, 0.15) is 0 Å². The molecule has 4 heteroatoms. The van der Waals surface area contributed by atoms with Crippen LogP contribution in [0.4, 0.5) is 5.69 Å². The molecule has 0 saturated heterocycles. The van der Waals surface area contributed by atoms with Gasteiger partial charge in [0.2, 0.25) is 0 Å². The molecule has 0 aliphatic carbocycles. The third-order valence-corrected chi connectivity index (χ3v) is 3.14. The van der Waals surface area contributed by atoms with Crippen molar-refractivity contribution < 1.29 is 4.92 Å². The van der Waals surface area contributed by atoms with Gasteiger partial charge in [-0.15, -0.1) is 11.3 Å². The van der Waals surface area contributed by atoms with Gasteiger partial charge in [-0.1, -0.05) is 6.08 Å². The zero-order valence-electron chi connectivity index (χ0n) is 8.14. The van der Waals surface area contributed by atoms with Crippen molar-refractivity contribution in [2.45, 2.75) is 6.92 Å². The fourth-order valence-corrected chi connectivity index (χ4v) is 2.43. The second-order valence-electron chi connectivity index (χ2n) is 3.13.